The van der Waals surface area contributed by atoms with E-state index in [1.165, 1.54) is 6.42 Å². The van der Waals surface area contributed by atoms with Crippen molar-refractivity contribution in [2.24, 2.45) is 13.0 Å². The predicted molar refractivity (Wildman–Crippen MR) is 93.9 cm³/mol. The van der Waals surface area contributed by atoms with Gasteiger partial charge in [0, 0.05) is 51.7 Å². The van der Waals surface area contributed by atoms with E-state index in [9.17, 15) is 0 Å². The molecule has 130 valence electrons. The summed E-state index contributed by atoms with van der Waals surface area (Å²) < 4.78 is 6.94. The second-order valence-corrected chi connectivity index (χ2v) is 6.46. The second-order valence-electron chi connectivity index (χ2n) is 6.46. The fourth-order valence-corrected chi connectivity index (χ4v) is 3.10. The molecule has 0 radical (unpaired) electrons. The molecule has 0 saturated carbocycles. The molecule has 3 heterocycles. The molecule has 3 rings (SSSR count). The Balaban J connectivity index is 1.58. The predicted octanol–water partition coefficient (Wildman–Crippen LogP) is 1.57. The van der Waals surface area contributed by atoms with E-state index in [4.69, 9.17) is 4.74 Å². The number of aromatic nitrogens is 4. The molecule has 1 aliphatic heterocycles. The molecule has 1 aliphatic rings. The summed E-state index contributed by atoms with van der Waals surface area (Å²) in [5.74, 6) is 1.32. The Kier molecular flexibility index (Phi) is 5.42. The summed E-state index contributed by atoms with van der Waals surface area (Å²) in [6.07, 6.45) is 6.89. The molecule has 0 bridgehead atoms. The van der Waals surface area contributed by atoms with Crippen molar-refractivity contribution in [2.45, 2.75) is 13.3 Å². The van der Waals surface area contributed by atoms with Crippen LogP contribution in [0.15, 0.2) is 18.6 Å². The minimum atomic E-state index is 0.633. The minimum Gasteiger partial charge on any atom is -0.383 e. The van der Waals surface area contributed by atoms with Crippen molar-refractivity contribution in [1.29, 1.82) is 0 Å². The van der Waals surface area contributed by atoms with Gasteiger partial charge < -0.3 is 15.0 Å². The number of ether oxygens (including phenoxy) is 1. The third kappa shape index (κ3) is 4.10. The highest BCUT2D eigenvalue weighted by molar-refractivity contribution is 5.62. The number of nitrogens with one attached hydrogen (secondary N) is 1. The standard InChI is InChI=1S/C17H26N6O/c1-13-8-18-17(21-16(13)15-10-20-22(2)12-15)19-9-14-4-5-23(11-14)6-7-24-3/h8,10,12,14H,4-7,9,11H2,1-3H3,(H,18,19,21)/t14-/m1/s1. The summed E-state index contributed by atoms with van der Waals surface area (Å²) in [6, 6.07) is 0. The normalized spacial score (nSPS) is 18.2. The number of hydrogen-bond acceptors (Lipinski definition) is 6. The van der Waals surface area contributed by atoms with Gasteiger partial charge >= 0.3 is 0 Å². The lowest BCUT2D eigenvalue weighted by atomic mass is 10.1. The zero-order valence-corrected chi connectivity index (χ0v) is 14.7. The van der Waals surface area contributed by atoms with Crippen molar-refractivity contribution >= 4 is 5.95 Å². The van der Waals surface area contributed by atoms with Crippen LogP contribution in [0.4, 0.5) is 5.95 Å². The molecule has 0 spiro atoms. The lowest BCUT2D eigenvalue weighted by Crippen LogP contribution is -2.26. The Hall–Kier alpha value is -1.99. The van der Waals surface area contributed by atoms with Gasteiger partial charge in [-0.25, -0.2) is 9.97 Å². The quantitative estimate of drug-likeness (QED) is 0.831. The van der Waals surface area contributed by atoms with E-state index in [1.54, 1.807) is 11.8 Å². The van der Waals surface area contributed by atoms with Crippen LogP contribution in [0.25, 0.3) is 11.3 Å². The molecule has 1 fully saturated rings. The van der Waals surface area contributed by atoms with Crippen molar-refractivity contribution in [3.8, 4) is 11.3 Å². The Bertz CT molecular complexity index is 671. The van der Waals surface area contributed by atoms with Crippen molar-refractivity contribution in [3.63, 3.8) is 0 Å². The van der Waals surface area contributed by atoms with Gasteiger partial charge in [0.05, 0.1) is 18.5 Å². The lowest BCUT2D eigenvalue weighted by Gasteiger charge is -2.15. The van der Waals surface area contributed by atoms with Crippen molar-refractivity contribution < 1.29 is 4.74 Å². The summed E-state index contributed by atoms with van der Waals surface area (Å²) in [5, 5.41) is 7.63. The van der Waals surface area contributed by atoms with E-state index in [0.29, 0.717) is 11.9 Å². The van der Waals surface area contributed by atoms with Crippen LogP contribution in [0.5, 0.6) is 0 Å². The minimum absolute atomic E-state index is 0.633. The summed E-state index contributed by atoms with van der Waals surface area (Å²) >= 11 is 0. The van der Waals surface area contributed by atoms with Crippen molar-refractivity contribution in [3.05, 3.63) is 24.2 Å². The van der Waals surface area contributed by atoms with Gasteiger partial charge in [-0.3, -0.25) is 4.68 Å². The van der Waals surface area contributed by atoms with Crippen molar-refractivity contribution in [2.75, 3.05) is 45.2 Å². The Morgan fingerprint density at radius 3 is 3.00 bits per heavy atom. The molecule has 1 atom stereocenters. The Morgan fingerprint density at radius 1 is 1.38 bits per heavy atom. The summed E-state index contributed by atoms with van der Waals surface area (Å²) in [7, 11) is 3.66. The van der Waals surface area contributed by atoms with E-state index in [0.717, 1.165) is 49.6 Å². The molecule has 2 aromatic heterocycles. The molecule has 0 aromatic carbocycles. The van der Waals surface area contributed by atoms with Gasteiger partial charge in [0.2, 0.25) is 5.95 Å². The number of aryl methyl sites for hydroxylation is 2. The van der Waals surface area contributed by atoms with Crippen LogP contribution in [-0.4, -0.2) is 64.5 Å². The van der Waals surface area contributed by atoms with E-state index >= 15 is 0 Å². The first-order valence-corrected chi connectivity index (χ1v) is 8.43. The first-order chi connectivity index (χ1) is 11.7. The maximum Gasteiger partial charge on any atom is 0.223 e. The number of nitrogens with zero attached hydrogens (tertiary/aromatic N) is 5. The highest BCUT2D eigenvalue weighted by Crippen LogP contribution is 2.21. The SMILES string of the molecule is COCCN1CC[C@H](CNc2ncc(C)c(-c3cnn(C)c3)n2)C1. The number of likely N-dealkylation sites (tertiary alicyclic amines) is 1. The molecule has 24 heavy (non-hydrogen) atoms. The molecule has 2 aromatic rings. The lowest BCUT2D eigenvalue weighted by molar-refractivity contribution is 0.159. The van der Waals surface area contributed by atoms with Gasteiger partial charge in [-0.15, -0.1) is 0 Å². The Labute approximate surface area is 143 Å². The summed E-state index contributed by atoms with van der Waals surface area (Å²) in [6.45, 7) is 6.99. The van der Waals surface area contributed by atoms with Crippen LogP contribution in [0.1, 0.15) is 12.0 Å². The van der Waals surface area contributed by atoms with E-state index in [2.05, 4.69) is 25.3 Å². The summed E-state index contributed by atoms with van der Waals surface area (Å²) in [4.78, 5) is 11.5. The zero-order chi connectivity index (χ0) is 16.9. The molecule has 0 amide bonds. The molecule has 1 N–H and O–H groups in total. The molecule has 0 unspecified atom stereocenters. The molecule has 0 aliphatic carbocycles. The number of methoxy groups -OCH3 is 1. The molecule has 7 heteroatoms. The number of rotatable bonds is 7. The van der Waals surface area contributed by atoms with Crippen LogP contribution < -0.4 is 5.32 Å². The fraction of sp³-hybridized carbons (Fsp3) is 0.588. The monoisotopic (exact) mass is 330 g/mol. The van der Waals surface area contributed by atoms with Gasteiger partial charge in [-0.05, 0) is 31.4 Å². The number of anilines is 1. The first kappa shape index (κ1) is 16.9. The van der Waals surface area contributed by atoms with Crippen LogP contribution in [-0.2, 0) is 11.8 Å². The smallest absolute Gasteiger partial charge is 0.223 e. The maximum atomic E-state index is 5.15. The largest absolute Gasteiger partial charge is 0.383 e. The fourth-order valence-electron chi connectivity index (χ4n) is 3.10. The molecule has 1 saturated heterocycles. The van der Waals surface area contributed by atoms with Gasteiger partial charge in [0.1, 0.15) is 0 Å². The number of hydrogen-bond donors (Lipinski definition) is 1. The van der Waals surface area contributed by atoms with E-state index in [1.807, 2.05) is 32.6 Å². The van der Waals surface area contributed by atoms with Crippen LogP contribution in [0, 0.1) is 12.8 Å². The zero-order valence-electron chi connectivity index (χ0n) is 14.7. The first-order valence-electron chi connectivity index (χ1n) is 8.43. The summed E-state index contributed by atoms with van der Waals surface area (Å²) in [5.41, 5.74) is 3.01. The molecular weight excluding hydrogens is 304 g/mol. The van der Waals surface area contributed by atoms with Gasteiger partial charge in [-0.1, -0.05) is 0 Å². The Morgan fingerprint density at radius 2 is 2.25 bits per heavy atom. The van der Waals surface area contributed by atoms with Crippen LogP contribution in [0.3, 0.4) is 0 Å². The van der Waals surface area contributed by atoms with Crippen LogP contribution >= 0.6 is 0 Å². The van der Waals surface area contributed by atoms with E-state index in [-0.39, 0.29) is 0 Å². The molecule has 7 nitrogen and oxygen atoms in total. The third-order valence-electron chi connectivity index (χ3n) is 4.48. The average molecular weight is 330 g/mol. The van der Waals surface area contributed by atoms with Crippen LogP contribution in [0.2, 0.25) is 0 Å². The average Bonchev–Trinajstić information content (AvgIpc) is 3.21. The van der Waals surface area contributed by atoms with Gasteiger partial charge in [0.25, 0.3) is 0 Å². The van der Waals surface area contributed by atoms with Gasteiger partial charge in [0.15, 0.2) is 0 Å². The van der Waals surface area contributed by atoms with Crippen molar-refractivity contribution in [1.82, 2.24) is 24.6 Å². The maximum absolute atomic E-state index is 5.15. The topological polar surface area (TPSA) is 68.1 Å². The second kappa shape index (κ2) is 7.72. The highest BCUT2D eigenvalue weighted by Gasteiger charge is 2.22. The molecular formula is C17H26N6O. The highest BCUT2D eigenvalue weighted by atomic mass is 16.5. The van der Waals surface area contributed by atoms with E-state index < -0.39 is 0 Å². The van der Waals surface area contributed by atoms with Gasteiger partial charge in [-0.2, -0.15) is 5.10 Å². The third-order valence-corrected chi connectivity index (χ3v) is 4.48.